The lowest BCUT2D eigenvalue weighted by Gasteiger charge is -2.18. The number of carbonyl (C=O) groups is 2. The molecule has 10 heteroatoms. The molecule has 158 valence electrons. The largest absolute Gasteiger partial charge is 0.487 e. The first kappa shape index (κ1) is 21.4. The molecule has 9 nitrogen and oxygen atoms in total. The van der Waals surface area contributed by atoms with Crippen LogP contribution in [0.5, 0.6) is 5.75 Å². The number of likely N-dealkylation sites (tertiary alicyclic amines) is 1. The van der Waals surface area contributed by atoms with Crippen molar-refractivity contribution in [2.75, 3.05) is 24.6 Å². The Hall–Kier alpha value is -3.30. The molecule has 1 aromatic carbocycles. The van der Waals surface area contributed by atoms with Crippen molar-refractivity contribution in [1.82, 2.24) is 15.2 Å². The number of carbonyl (C=O) groups excluding carboxylic acids is 2. The van der Waals surface area contributed by atoms with E-state index in [9.17, 15) is 9.59 Å². The van der Waals surface area contributed by atoms with Gasteiger partial charge in [-0.3, -0.25) is 19.6 Å². The number of amides is 2. The molecule has 3 rings (SSSR count). The van der Waals surface area contributed by atoms with Crippen molar-refractivity contribution in [1.29, 1.82) is 0 Å². The van der Waals surface area contributed by atoms with Crippen molar-refractivity contribution in [3.8, 4) is 5.75 Å². The smallest absolute Gasteiger partial charge is 0.269 e. The summed E-state index contributed by atoms with van der Waals surface area (Å²) >= 11 is 6.10. The van der Waals surface area contributed by atoms with Crippen molar-refractivity contribution in [3.63, 3.8) is 0 Å². The normalized spacial score (nSPS) is 16.3. The number of pyridine rings is 1. The van der Waals surface area contributed by atoms with Crippen LogP contribution >= 0.6 is 11.6 Å². The summed E-state index contributed by atoms with van der Waals surface area (Å²) in [6, 6.07) is 10.6. The highest BCUT2D eigenvalue weighted by molar-refractivity contribution is 6.32. The average Bonchev–Trinajstić information content (AvgIpc) is 3.22. The molecule has 1 fully saturated rings. The van der Waals surface area contributed by atoms with Crippen LogP contribution in [0.15, 0.2) is 60.7 Å². The Morgan fingerprint density at radius 1 is 1.33 bits per heavy atom. The van der Waals surface area contributed by atoms with Gasteiger partial charge in [0.2, 0.25) is 5.91 Å². The molecule has 2 amide bonds. The highest BCUT2D eigenvalue weighted by atomic mass is 35.5. The zero-order valence-electron chi connectivity index (χ0n) is 16.2. The number of hydrogen-bond donors (Lipinski definition) is 3. The van der Waals surface area contributed by atoms with E-state index in [1.165, 1.54) is 17.4 Å². The Morgan fingerprint density at radius 3 is 2.87 bits per heavy atom. The van der Waals surface area contributed by atoms with E-state index in [0.29, 0.717) is 36.0 Å². The van der Waals surface area contributed by atoms with Gasteiger partial charge in [-0.25, -0.2) is 5.84 Å². The zero-order valence-corrected chi connectivity index (χ0v) is 17.0. The molecule has 5 N–H and O–H groups in total. The maximum Gasteiger partial charge on any atom is 0.269 e. The predicted molar refractivity (Wildman–Crippen MR) is 113 cm³/mol. The topological polar surface area (TPSA) is 127 Å². The third-order valence-electron chi connectivity index (χ3n) is 4.51. The molecule has 0 saturated carbocycles. The third kappa shape index (κ3) is 5.62. The number of rotatable bonds is 7. The lowest BCUT2D eigenvalue weighted by Crippen LogP contribution is -2.41. The van der Waals surface area contributed by atoms with Crippen LogP contribution in [0, 0.1) is 0 Å². The fourth-order valence-electron chi connectivity index (χ4n) is 2.93. The van der Waals surface area contributed by atoms with Crippen LogP contribution in [-0.2, 0) is 9.59 Å². The van der Waals surface area contributed by atoms with Crippen LogP contribution in [0.4, 0.5) is 5.69 Å². The summed E-state index contributed by atoms with van der Waals surface area (Å²) < 4.78 is 5.87. The Kier molecular flexibility index (Phi) is 7.10. The highest BCUT2D eigenvalue weighted by Gasteiger charge is 2.28. The van der Waals surface area contributed by atoms with Crippen molar-refractivity contribution in [3.05, 3.63) is 65.7 Å². The van der Waals surface area contributed by atoms with Gasteiger partial charge in [0.15, 0.2) is 0 Å². The number of benzene rings is 1. The number of hydrogen-bond acceptors (Lipinski definition) is 7. The van der Waals surface area contributed by atoms with E-state index >= 15 is 0 Å². The first-order valence-corrected chi connectivity index (χ1v) is 9.70. The molecule has 2 aromatic rings. The minimum atomic E-state index is -0.592. The fraction of sp³-hybridized carbons (Fsp3) is 0.250. The summed E-state index contributed by atoms with van der Waals surface area (Å²) in [5, 5.41) is 4.21. The molecule has 1 unspecified atom stereocenters. The Labute approximate surface area is 179 Å². The Bertz CT molecular complexity index is 924. The van der Waals surface area contributed by atoms with Gasteiger partial charge in [0.05, 0.1) is 36.2 Å². The number of nitrogens with one attached hydrogen (secondary N) is 1. The minimum Gasteiger partial charge on any atom is -0.487 e. The molecule has 1 saturated heterocycles. The molecule has 2 heterocycles. The van der Waals surface area contributed by atoms with E-state index in [1.54, 1.807) is 35.4 Å². The quantitative estimate of drug-likeness (QED) is 0.340. The number of halogens is 1. The Balaban J connectivity index is 1.46. The highest BCUT2D eigenvalue weighted by Crippen LogP contribution is 2.26. The number of nitrogens with zero attached hydrogens (tertiary/aromatic N) is 3. The van der Waals surface area contributed by atoms with Gasteiger partial charge >= 0.3 is 0 Å². The molecule has 30 heavy (non-hydrogen) atoms. The lowest BCUT2D eigenvalue weighted by atomic mass is 10.3. The van der Waals surface area contributed by atoms with Gasteiger partial charge in [0.25, 0.3) is 5.91 Å². The first-order valence-electron chi connectivity index (χ1n) is 9.32. The van der Waals surface area contributed by atoms with Gasteiger partial charge in [-0.05, 0) is 24.3 Å². The second-order valence-electron chi connectivity index (χ2n) is 6.68. The number of nitrogens with two attached hydrogens (primary N) is 2. The lowest BCUT2D eigenvalue weighted by molar-refractivity contribution is -0.131. The summed E-state index contributed by atoms with van der Waals surface area (Å²) in [7, 11) is 0. The fourth-order valence-corrected chi connectivity index (χ4v) is 3.11. The van der Waals surface area contributed by atoms with Crippen molar-refractivity contribution < 1.29 is 14.3 Å². The van der Waals surface area contributed by atoms with Gasteiger partial charge in [-0.2, -0.15) is 0 Å². The SMILES string of the molecule is N/C(=C\N(N)c1cccnc1)C(=O)NCC(=O)N1CCC(Oc2ccccc2Cl)C1. The molecular formula is C20H23ClN6O3. The molecular weight excluding hydrogens is 408 g/mol. The van der Waals surface area contributed by atoms with Crippen LogP contribution in [0.2, 0.25) is 5.02 Å². The molecule has 0 aliphatic carbocycles. The van der Waals surface area contributed by atoms with E-state index in [0.717, 1.165) is 0 Å². The van der Waals surface area contributed by atoms with E-state index < -0.39 is 5.91 Å². The van der Waals surface area contributed by atoms with E-state index in [2.05, 4.69) is 10.3 Å². The van der Waals surface area contributed by atoms with Crippen molar-refractivity contribution in [2.45, 2.75) is 12.5 Å². The maximum absolute atomic E-state index is 12.4. The van der Waals surface area contributed by atoms with Crippen LogP contribution in [0.3, 0.4) is 0 Å². The van der Waals surface area contributed by atoms with Gasteiger partial charge in [0, 0.05) is 19.2 Å². The zero-order chi connectivity index (χ0) is 21.5. The van der Waals surface area contributed by atoms with Crippen LogP contribution in [0.1, 0.15) is 6.42 Å². The second-order valence-corrected chi connectivity index (χ2v) is 7.09. The second kappa shape index (κ2) is 9.95. The third-order valence-corrected chi connectivity index (χ3v) is 4.82. The summed E-state index contributed by atoms with van der Waals surface area (Å²) in [6.45, 7) is 0.777. The molecule has 0 radical (unpaired) electrons. The number of ether oxygens (including phenoxy) is 1. The first-order chi connectivity index (χ1) is 14.4. The number of aromatic nitrogens is 1. The summed E-state index contributed by atoms with van der Waals surface area (Å²) in [5.41, 5.74) is 6.20. The molecule has 1 aliphatic heterocycles. The van der Waals surface area contributed by atoms with Crippen LogP contribution in [0.25, 0.3) is 0 Å². The van der Waals surface area contributed by atoms with Gasteiger partial charge in [0.1, 0.15) is 17.6 Å². The van der Waals surface area contributed by atoms with E-state index in [-0.39, 0.29) is 24.3 Å². The average molecular weight is 431 g/mol. The summed E-state index contributed by atoms with van der Waals surface area (Å²) in [4.78, 5) is 30.1. The van der Waals surface area contributed by atoms with Crippen LogP contribution < -0.4 is 26.6 Å². The monoisotopic (exact) mass is 430 g/mol. The van der Waals surface area contributed by atoms with Crippen molar-refractivity contribution >= 4 is 29.1 Å². The molecule has 1 atom stereocenters. The number of para-hydroxylation sites is 1. The van der Waals surface area contributed by atoms with E-state index in [1.807, 2.05) is 12.1 Å². The minimum absolute atomic E-state index is 0.129. The van der Waals surface area contributed by atoms with Crippen molar-refractivity contribution in [2.24, 2.45) is 11.6 Å². The Morgan fingerprint density at radius 2 is 2.13 bits per heavy atom. The molecule has 0 bridgehead atoms. The van der Waals surface area contributed by atoms with Crippen LogP contribution in [-0.4, -0.2) is 47.4 Å². The maximum atomic E-state index is 12.4. The summed E-state index contributed by atoms with van der Waals surface area (Å²) in [5.74, 6) is 5.61. The number of hydrazine groups is 1. The molecule has 1 aromatic heterocycles. The number of anilines is 1. The van der Waals surface area contributed by atoms with E-state index in [4.69, 9.17) is 27.9 Å². The molecule has 1 aliphatic rings. The summed E-state index contributed by atoms with van der Waals surface area (Å²) in [6.07, 6.45) is 4.92. The van der Waals surface area contributed by atoms with Gasteiger partial charge < -0.3 is 20.7 Å². The van der Waals surface area contributed by atoms with Gasteiger partial charge in [-0.1, -0.05) is 23.7 Å². The standard InChI is InChI=1S/C20H23ClN6O3/c21-16-5-1-2-6-18(16)30-15-7-9-26(12-15)19(28)11-25-20(29)17(22)13-27(23)14-4-3-8-24-10-14/h1-6,8,10,13,15H,7,9,11-12,22-23H2,(H,25,29)/b17-13-. The van der Waals surface area contributed by atoms with Gasteiger partial charge in [-0.15, -0.1) is 0 Å². The predicted octanol–water partition coefficient (Wildman–Crippen LogP) is 1.01. The molecule has 0 spiro atoms.